The van der Waals surface area contributed by atoms with Crippen molar-refractivity contribution in [2.45, 2.75) is 25.5 Å². The Morgan fingerprint density at radius 2 is 2.06 bits per heavy atom. The number of nitriles is 1. The molecule has 3 aliphatic heterocycles. The molecule has 0 saturated carbocycles. The number of hydrogen-bond donors (Lipinski definition) is 2. The van der Waals surface area contributed by atoms with E-state index < -0.39 is 11.6 Å². The highest BCUT2D eigenvalue weighted by atomic mass is 19.1. The van der Waals surface area contributed by atoms with Crippen LogP contribution in [-0.2, 0) is 16.0 Å². The van der Waals surface area contributed by atoms with E-state index in [0.29, 0.717) is 49.6 Å². The Morgan fingerprint density at radius 1 is 1.23 bits per heavy atom. The molecular weight excluding hydrogens is 456 g/mol. The van der Waals surface area contributed by atoms with Gasteiger partial charge in [-0.05, 0) is 47.9 Å². The van der Waals surface area contributed by atoms with Gasteiger partial charge < -0.3 is 9.64 Å². The van der Waals surface area contributed by atoms with Gasteiger partial charge in [-0.25, -0.2) is 19.3 Å². The molecule has 182 valence electrons. The van der Waals surface area contributed by atoms with Gasteiger partial charge >= 0.3 is 0 Å². The predicted octanol–water partition coefficient (Wildman–Crippen LogP) is 1.74. The smallest absolute Gasteiger partial charge is 0.227 e. The molecule has 2 fully saturated rings. The van der Waals surface area contributed by atoms with Crippen LogP contribution in [-0.4, -0.2) is 60.9 Å². The van der Waals surface area contributed by atoms with Crippen molar-refractivity contribution in [2.24, 2.45) is 5.10 Å². The van der Waals surface area contributed by atoms with Gasteiger partial charge in [-0.3, -0.25) is 9.69 Å². The minimum atomic E-state index is -0.530. The Kier molecular flexibility index (Phi) is 6.34. The number of morpholine rings is 1. The first-order valence-electron chi connectivity index (χ1n) is 11.4. The molecule has 0 aliphatic carbocycles. The normalized spacial score (nSPS) is 22.0. The summed E-state index contributed by atoms with van der Waals surface area (Å²) < 4.78 is 34.4. The number of nitrogens with one attached hydrogen (secondary N) is 2. The molecule has 3 aliphatic rings. The van der Waals surface area contributed by atoms with Crippen LogP contribution in [0.2, 0.25) is 0 Å². The van der Waals surface area contributed by atoms with E-state index in [9.17, 15) is 18.8 Å². The molecule has 35 heavy (non-hydrogen) atoms. The maximum Gasteiger partial charge on any atom is 0.227 e. The number of carbonyl (C=O) groups excluding carboxylic acids is 1. The second-order valence-electron chi connectivity index (χ2n) is 8.85. The summed E-state index contributed by atoms with van der Waals surface area (Å²) in [5.74, 6) is -1.10. The summed E-state index contributed by atoms with van der Waals surface area (Å²) in [6.45, 7) is 4.41. The highest BCUT2D eigenvalue weighted by Crippen LogP contribution is 2.31. The number of halogens is 2. The van der Waals surface area contributed by atoms with Gasteiger partial charge in [0.1, 0.15) is 24.0 Å². The zero-order chi connectivity index (χ0) is 24.5. The largest absolute Gasteiger partial charge is 0.370 e. The zero-order valence-electron chi connectivity index (χ0n) is 19.2. The van der Waals surface area contributed by atoms with Crippen LogP contribution in [0.3, 0.4) is 0 Å². The molecule has 2 N–H and O–H groups in total. The Labute approximate surface area is 201 Å². The predicted molar refractivity (Wildman–Crippen MR) is 124 cm³/mol. The van der Waals surface area contributed by atoms with Crippen LogP contribution in [0.5, 0.6) is 0 Å². The quantitative estimate of drug-likeness (QED) is 0.687. The number of hydrazone groups is 1. The van der Waals surface area contributed by atoms with E-state index >= 15 is 0 Å². The van der Waals surface area contributed by atoms with Gasteiger partial charge in [0.25, 0.3) is 0 Å². The van der Waals surface area contributed by atoms with Crippen molar-refractivity contribution in [2.75, 3.05) is 37.8 Å². The van der Waals surface area contributed by atoms with Gasteiger partial charge in [0.2, 0.25) is 5.91 Å². The highest BCUT2D eigenvalue weighted by Gasteiger charge is 2.36. The van der Waals surface area contributed by atoms with E-state index in [1.807, 2.05) is 6.07 Å². The molecule has 0 radical (unpaired) electrons. The molecule has 5 rings (SSSR count). The van der Waals surface area contributed by atoms with Crippen LogP contribution in [0.25, 0.3) is 0 Å². The number of carbonyl (C=O) groups is 1. The fourth-order valence-corrected chi connectivity index (χ4v) is 4.83. The summed E-state index contributed by atoms with van der Waals surface area (Å²) in [6.07, 6.45) is 1.21. The van der Waals surface area contributed by atoms with Crippen molar-refractivity contribution in [1.29, 1.82) is 5.26 Å². The number of rotatable bonds is 4. The molecule has 2 aromatic rings. The van der Waals surface area contributed by atoms with Crippen LogP contribution >= 0.6 is 0 Å². The lowest BCUT2D eigenvalue weighted by molar-refractivity contribution is -0.139. The molecule has 0 aromatic heterocycles. The molecule has 9 nitrogen and oxygen atoms in total. The van der Waals surface area contributed by atoms with Crippen molar-refractivity contribution in [3.63, 3.8) is 0 Å². The van der Waals surface area contributed by atoms with E-state index in [2.05, 4.69) is 21.1 Å². The lowest BCUT2D eigenvalue weighted by Gasteiger charge is -2.46. The first kappa shape index (κ1) is 23.2. The lowest BCUT2D eigenvalue weighted by Crippen LogP contribution is -2.59. The number of benzene rings is 2. The van der Waals surface area contributed by atoms with Gasteiger partial charge in [-0.2, -0.15) is 10.4 Å². The molecule has 2 saturated heterocycles. The highest BCUT2D eigenvalue weighted by molar-refractivity contribution is 5.81. The number of piperazine rings is 1. The molecule has 3 heterocycles. The molecule has 0 bridgehead atoms. The van der Waals surface area contributed by atoms with Crippen LogP contribution < -0.4 is 16.1 Å². The third kappa shape index (κ3) is 4.55. The number of fused-ring (bicyclic) bond motifs is 1. The van der Waals surface area contributed by atoms with Gasteiger partial charge in [0, 0.05) is 26.2 Å². The number of amides is 1. The Balaban J connectivity index is 1.22. The second kappa shape index (κ2) is 9.58. The molecule has 2 atom stereocenters. The summed E-state index contributed by atoms with van der Waals surface area (Å²) in [5, 5.41) is 14.7. The molecule has 11 heteroatoms. The van der Waals surface area contributed by atoms with Gasteiger partial charge in [-0.15, -0.1) is 5.53 Å². The zero-order valence-corrected chi connectivity index (χ0v) is 19.2. The van der Waals surface area contributed by atoms with Gasteiger partial charge in [0.05, 0.1) is 36.4 Å². The van der Waals surface area contributed by atoms with E-state index in [4.69, 9.17) is 4.74 Å². The SMILES string of the molecule is Cc1c([C@@H]2CN3CCN(C(=O)Cc4cc(N5C=NNN5)ccc4F)C[C@@H]3CO2)ccc(F)c1C#N. The lowest BCUT2D eigenvalue weighted by atomic mass is 9.96. The molecular formula is C24H25F2N7O2. The number of hydrazine groups is 2. The Hall–Kier alpha value is -3.59. The van der Waals surface area contributed by atoms with Crippen molar-refractivity contribution in [3.8, 4) is 6.07 Å². The van der Waals surface area contributed by atoms with E-state index in [1.54, 1.807) is 35.0 Å². The summed E-state index contributed by atoms with van der Waals surface area (Å²) in [7, 11) is 0. The van der Waals surface area contributed by atoms with Crippen LogP contribution in [0.1, 0.15) is 28.4 Å². The first-order chi connectivity index (χ1) is 16.9. The fourth-order valence-electron chi connectivity index (χ4n) is 4.83. The van der Waals surface area contributed by atoms with E-state index in [1.165, 1.54) is 18.5 Å². The topological polar surface area (TPSA) is 96.2 Å². The molecule has 1 amide bonds. The standard InChI is InChI=1S/C24H25F2N7O2/c1-15-19(3-5-22(26)20(15)10-27)23-12-31-6-7-32(11-18(31)13-35-23)24(34)9-16-8-17(2-4-21(16)25)33-14-28-29-30-33/h2-5,8,14,18,23,29-30H,6-7,9,11-13H2,1H3/t18-,23+/m1/s1. The van der Waals surface area contributed by atoms with Crippen LogP contribution in [0.4, 0.5) is 14.5 Å². The monoisotopic (exact) mass is 481 g/mol. The van der Waals surface area contributed by atoms with Crippen molar-refractivity contribution in [1.82, 2.24) is 20.9 Å². The average molecular weight is 482 g/mol. The van der Waals surface area contributed by atoms with E-state index in [-0.39, 0.29) is 30.0 Å². The molecule has 2 aromatic carbocycles. The van der Waals surface area contributed by atoms with E-state index in [0.717, 1.165) is 5.56 Å². The summed E-state index contributed by atoms with van der Waals surface area (Å²) in [5.41, 5.74) is 7.79. The third-order valence-electron chi connectivity index (χ3n) is 6.82. The van der Waals surface area contributed by atoms with Gasteiger partial charge in [0.15, 0.2) is 0 Å². The summed E-state index contributed by atoms with van der Waals surface area (Å²) >= 11 is 0. The minimum absolute atomic E-state index is 0.0207. The van der Waals surface area contributed by atoms with Crippen molar-refractivity contribution in [3.05, 3.63) is 64.2 Å². The number of hydrogen-bond acceptors (Lipinski definition) is 8. The summed E-state index contributed by atoms with van der Waals surface area (Å²) in [4.78, 5) is 17.0. The van der Waals surface area contributed by atoms with Crippen LogP contribution in [0, 0.1) is 29.9 Å². The van der Waals surface area contributed by atoms with Gasteiger partial charge in [-0.1, -0.05) is 6.07 Å². The fraction of sp³-hybridized carbons (Fsp3) is 0.375. The van der Waals surface area contributed by atoms with Crippen LogP contribution in [0.15, 0.2) is 35.4 Å². The summed E-state index contributed by atoms with van der Waals surface area (Å²) in [6, 6.07) is 9.51. The molecule has 0 unspecified atom stereocenters. The molecule has 0 spiro atoms. The van der Waals surface area contributed by atoms with Crippen molar-refractivity contribution >= 4 is 17.9 Å². The number of anilines is 1. The van der Waals surface area contributed by atoms with Crippen molar-refractivity contribution < 1.29 is 18.3 Å². The Bertz CT molecular complexity index is 1220. The average Bonchev–Trinajstić information content (AvgIpc) is 3.40. The number of ether oxygens (including phenoxy) is 1. The Morgan fingerprint density at radius 3 is 2.83 bits per heavy atom. The minimum Gasteiger partial charge on any atom is -0.370 e. The first-order valence-corrected chi connectivity index (χ1v) is 11.4. The second-order valence-corrected chi connectivity index (χ2v) is 8.85. The maximum atomic E-state index is 14.4. The third-order valence-corrected chi connectivity index (χ3v) is 6.82. The number of nitrogens with zero attached hydrogens (tertiary/aromatic N) is 5. The maximum absolute atomic E-state index is 14.4.